The maximum atomic E-state index is 13.3. The molecule has 1 N–H and O–H groups in total. The molecule has 0 aromatic heterocycles. The number of hydrogen-bond donors (Lipinski definition) is 1. The summed E-state index contributed by atoms with van der Waals surface area (Å²) >= 11 is 0. The number of fused-ring (bicyclic) bond motifs is 1. The number of benzene rings is 2. The van der Waals surface area contributed by atoms with Crippen molar-refractivity contribution in [2.75, 3.05) is 18.9 Å². The predicted octanol–water partition coefficient (Wildman–Crippen LogP) is 3.06. The van der Waals surface area contributed by atoms with Crippen LogP contribution in [0.4, 0.5) is 5.69 Å². The van der Waals surface area contributed by atoms with Crippen LogP contribution in [0.2, 0.25) is 0 Å². The maximum Gasteiger partial charge on any atom is 0.245 e. The second-order valence-electron chi connectivity index (χ2n) is 8.58. The Hall–Kier alpha value is -3.59. The van der Waals surface area contributed by atoms with Crippen LogP contribution in [0.1, 0.15) is 37.0 Å². The lowest BCUT2D eigenvalue weighted by atomic mass is 9.92. The second-order valence-corrected chi connectivity index (χ2v) is 8.58. The number of likely N-dealkylation sites (N-methyl/N-ethyl adjacent to an activating group) is 1. The van der Waals surface area contributed by atoms with Gasteiger partial charge in [-0.25, -0.2) is 0 Å². The first-order chi connectivity index (χ1) is 15.3. The lowest BCUT2D eigenvalue weighted by molar-refractivity contribution is -0.147. The highest BCUT2D eigenvalue weighted by atomic mass is 16.2. The van der Waals surface area contributed by atoms with Gasteiger partial charge in [0.25, 0.3) is 0 Å². The summed E-state index contributed by atoms with van der Waals surface area (Å²) in [6, 6.07) is 14.2. The van der Waals surface area contributed by atoms with Crippen molar-refractivity contribution >= 4 is 23.4 Å². The summed E-state index contributed by atoms with van der Waals surface area (Å²) in [6.45, 7) is 4.25. The van der Waals surface area contributed by atoms with Crippen molar-refractivity contribution in [1.82, 2.24) is 9.80 Å². The SMILES string of the molecule is C#Cc1cccc(NC(=O)CN(C)C(=O)C2Cc3ccccc3CN2C(=O)CC(C)C)c1. The van der Waals surface area contributed by atoms with E-state index in [1.54, 1.807) is 36.2 Å². The van der Waals surface area contributed by atoms with Crippen LogP contribution in [0.3, 0.4) is 0 Å². The Morgan fingerprint density at radius 1 is 1.16 bits per heavy atom. The number of anilines is 1. The predicted molar refractivity (Wildman–Crippen MR) is 125 cm³/mol. The molecule has 1 heterocycles. The molecule has 3 amide bonds. The number of terminal acetylenes is 1. The highest BCUT2D eigenvalue weighted by Gasteiger charge is 2.36. The molecule has 0 radical (unpaired) electrons. The first-order valence-corrected chi connectivity index (χ1v) is 10.8. The van der Waals surface area contributed by atoms with E-state index in [1.807, 2.05) is 38.1 Å². The molecule has 32 heavy (non-hydrogen) atoms. The molecular formula is C26H29N3O3. The summed E-state index contributed by atoms with van der Waals surface area (Å²) in [5.74, 6) is 2.10. The van der Waals surface area contributed by atoms with Crippen LogP contribution in [0.25, 0.3) is 0 Å². The minimum Gasteiger partial charge on any atom is -0.335 e. The van der Waals surface area contributed by atoms with Gasteiger partial charge >= 0.3 is 0 Å². The molecule has 0 saturated carbocycles. The lowest BCUT2D eigenvalue weighted by Crippen LogP contribution is -2.54. The molecule has 0 spiro atoms. The van der Waals surface area contributed by atoms with Crippen LogP contribution >= 0.6 is 0 Å². The number of rotatable bonds is 6. The molecule has 6 heteroatoms. The Morgan fingerprint density at radius 3 is 2.56 bits per heavy atom. The highest BCUT2D eigenvalue weighted by molar-refractivity contribution is 5.96. The quantitative estimate of drug-likeness (QED) is 0.715. The molecule has 0 bridgehead atoms. The Bertz CT molecular complexity index is 1050. The minimum atomic E-state index is -0.626. The average Bonchev–Trinajstić information content (AvgIpc) is 2.77. The number of carbonyl (C=O) groups excluding carboxylic acids is 3. The lowest BCUT2D eigenvalue weighted by Gasteiger charge is -2.38. The Labute approximate surface area is 189 Å². The topological polar surface area (TPSA) is 69.7 Å². The van der Waals surface area contributed by atoms with E-state index in [0.29, 0.717) is 30.6 Å². The second kappa shape index (κ2) is 10.1. The van der Waals surface area contributed by atoms with E-state index in [2.05, 4.69) is 11.2 Å². The smallest absolute Gasteiger partial charge is 0.245 e. The molecule has 1 aliphatic rings. The standard InChI is InChI=1S/C26H29N3O3/c1-5-19-9-8-12-22(14-19)27-24(30)17-28(4)26(32)23-15-20-10-6-7-11-21(20)16-29(23)25(31)13-18(2)3/h1,6-12,14,18,23H,13,15-17H2,2-4H3,(H,27,30). The van der Waals surface area contributed by atoms with E-state index >= 15 is 0 Å². The molecular weight excluding hydrogens is 402 g/mol. The van der Waals surface area contributed by atoms with Crippen molar-refractivity contribution in [2.24, 2.45) is 5.92 Å². The fraction of sp³-hybridized carbons (Fsp3) is 0.346. The van der Waals surface area contributed by atoms with Gasteiger partial charge in [0.15, 0.2) is 0 Å². The molecule has 2 aromatic carbocycles. The van der Waals surface area contributed by atoms with Crippen LogP contribution in [-0.4, -0.2) is 47.2 Å². The maximum absolute atomic E-state index is 13.3. The van der Waals surface area contributed by atoms with Gasteiger partial charge in [-0.15, -0.1) is 6.42 Å². The molecule has 6 nitrogen and oxygen atoms in total. The number of carbonyl (C=O) groups is 3. The number of nitrogens with zero attached hydrogens (tertiary/aromatic N) is 2. The molecule has 0 saturated heterocycles. The van der Waals surface area contributed by atoms with Crippen molar-refractivity contribution in [1.29, 1.82) is 0 Å². The first kappa shape index (κ1) is 23.1. The highest BCUT2D eigenvalue weighted by Crippen LogP contribution is 2.26. The third kappa shape index (κ3) is 5.55. The van der Waals surface area contributed by atoms with Crippen LogP contribution in [-0.2, 0) is 27.3 Å². The van der Waals surface area contributed by atoms with E-state index < -0.39 is 6.04 Å². The molecule has 0 aliphatic carbocycles. The summed E-state index contributed by atoms with van der Waals surface area (Å²) in [5.41, 5.74) is 3.35. The third-order valence-electron chi connectivity index (χ3n) is 5.51. The van der Waals surface area contributed by atoms with Crippen molar-refractivity contribution in [3.05, 3.63) is 65.2 Å². The first-order valence-electron chi connectivity index (χ1n) is 10.8. The molecule has 0 fully saturated rings. The summed E-state index contributed by atoms with van der Waals surface area (Å²) in [4.78, 5) is 41.8. The average molecular weight is 432 g/mol. The summed E-state index contributed by atoms with van der Waals surface area (Å²) < 4.78 is 0. The zero-order chi connectivity index (χ0) is 23.3. The van der Waals surface area contributed by atoms with Gasteiger partial charge in [-0.2, -0.15) is 0 Å². The van der Waals surface area contributed by atoms with Crippen LogP contribution in [0.15, 0.2) is 48.5 Å². The third-order valence-corrected chi connectivity index (χ3v) is 5.51. The molecule has 3 rings (SSSR count). The van der Waals surface area contributed by atoms with E-state index in [1.165, 1.54) is 4.90 Å². The van der Waals surface area contributed by atoms with Crippen molar-refractivity contribution in [3.8, 4) is 12.3 Å². The number of hydrogen-bond acceptors (Lipinski definition) is 3. The molecule has 166 valence electrons. The monoisotopic (exact) mass is 431 g/mol. The molecule has 2 aromatic rings. The largest absolute Gasteiger partial charge is 0.335 e. The van der Waals surface area contributed by atoms with E-state index in [0.717, 1.165) is 11.1 Å². The molecule has 1 atom stereocenters. The number of nitrogens with one attached hydrogen (secondary N) is 1. The summed E-state index contributed by atoms with van der Waals surface area (Å²) in [6.07, 6.45) is 6.22. The Balaban J connectivity index is 1.73. The van der Waals surface area contributed by atoms with Gasteiger partial charge in [0.1, 0.15) is 6.04 Å². The summed E-state index contributed by atoms with van der Waals surface area (Å²) in [7, 11) is 1.59. The van der Waals surface area contributed by atoms with Crippen LogP contribution in [0.5, 0.6) is 0 Å². The van der Waals surface area contributed by atoms with E-state index in [4.69, 9.17) is 6.42 Å². The molecule has 1 unspecified atom stereocenters. The van der Waals surface area contributed by atoms with Crippen molar-refractivity contribution in [2.45, 2.75) is 39.3 Å². The summed E-state index contributed by atoms with van der Waals surface area (Å²) in [5, 5.41) is 2.77. The van der Waals surface area contributed by atoms with Gasteiger partial charge in [0, 0.05) is 37.7 Å². The van der Waals surface area contributed by atoms with E-state index in [-0.39, 0.29) is 30.2 Å². The van der Waals surface area contributed by atoms with Gasteiger partial charge in [0.05, 0.1) is 6.54 Å². The van der Waals surface area contributed by atoms with Crippen molar-refractivity contribution in [3.63, 3.8) is 0 Å². The minimum absolute atomic E-state index is 0.0446. The van der Waals surface area contributed by atoms with Gasteiger partial charge in [-0.1, -0.05) is 50.1 Å². The zero-order valence-electron chi connectivity index (χ0n) is 18.8. The van der Waals surface area contributed by atoms with Crippen molar-refractivity contribution < 1.29 is 14.4 Å². The van der Waals surface area contributed by atoms with Crippen LogP contribution in [0, 0.1) is 18.3 Å². The number of amides is 3. The Kier molecular flexibility index (Phi) is 7.32. The van der Waals surface area contributed by atoms with Gasteiger partial charge < -0.3 is 15.1 Å². The normalized spacial score (nSPS) is 15.0. The zero-order valence-corrected chi connectivity index (χ0v) is 18.8. The Morgan fingerprint density at radius 2 is 1.88 bits per heavy atom. The van der Waals surface area contributed by atoms with E-state index in [9.17, 15) is 14.4 Å². The molecule has 1 aliphatic heterocycles. The van der Waals surface area contributed by atoms with Gasteiger partial charge in [0.2, 0.25) is 17.7 Å². The van der Waals surface area contributed by atoms with Crippen LogP contribution < -0.4 is 5.32 Å². The fourth-order valence-electron chi connectivity index (χ4n) is 3.91. The fourth-order valence-corrected chi connectivity index (χ4v) is 3.91. The van der Waals surface area contributed by atoms with Gasteiger partial charge in [-0.05, 0) is 35.2 Å². The van der Waals surface area contributed by atoms with Gasteiger partial charge in [-0.3, -0.25) is 14.4 Å².